The molecule has 0 aliphatic carbocycles. The third kappa shape index (κ3) is 3.07. The Balaban J connectivity index is 1.43. The summed E-state index contributed by atoms with van der Waals surface area (Å²) in [6.07, 6.45) is 2.05. The van der Waals surface area contributed by atoms with Gasteiger partial charge in [0, 0.05) is 16.8 Å². The summed E-state index contributed by atoms with van der Waals surface area (Å²) in [5.41, 5.74) is 3.98. The van der Waals surface area contributed by atoms with Crippen molar-refractivity contribution in [3.8, 4) is 11.4 Å². The van der Waals surface area contributed by atoms with E-state index in [1.165, 1.54) is 0 Å². The lowest BCUT2D eigenvalue weighted by molar-refractivity contribution is 0.391. The van der Waals surface area contributed by atoms with Crippen molar-refractivity contribution in [1.82, 2.24) is 19.5 Å². The van der Waals surface area contributed by atoms with Gasteiger partial charge >= 0.3 is 0 Å². The van der Waals surface area contributed by atoms with Gasteiger partial charge in [0.05, 0.1) is 22.3 Å². The average Bonchev–Trinajstić information content (AvgIpc) is 3.37. The van der Waals surface area contributed by atoms with Crippen LogP contribution in [-0.4, -0.2) is 19.5 Å². The van der Waals surface area contributed by atoms with Gasteiger partial charge in [0.1, 0.15) is 5.03 Å². The lowest BCUT2D eigenvalue weighted by Gasteiger charge is -2.07. The van der Waals surface area contributed by atoms with Gasteiger partial charge in [-0.2, -0.15) is 4.98 Å². The summed E-state index contributed by atoms with van der Waals surface area (Å²) in [5.74, 6) is 1.67. The van der Waals surface area contributed by atoms with Crippen molar-refractivity contribution in [2.24, 2.45) is 0 Å². The molecule has 5 rings (SSSR count). The van der Waals surface area contributed by atoms with Gasteiger partial charge in [0.2, 0.25) is 11.7 Å². The number of halogens is 1. The van der Waals surface area contributed by atoms with E-state index in [0.29, 0.717) is 22.5 Å². The first-order chi connectivity index (χ1) is 13.3. The Morgan fingerprint density at radius 2 is 1.74 bits per heavy atom. The predicted octanol–water partition coefficient (Wildman–Crippen LogP) is 5.48. The minimum atomic E-state index is 0.548. The molecule has 0 aliphatic rings. The van der Waals surface area contributed by atoms with Crippen LogP contribution in [0.25, 0.3) is 27.9 Å². The van der Waals surface area contributed by atoms with E-state index in [1.54, 1.807) is 11.8 Å². The van der Waals surface area contributed by atoms with Crippen LogP contribution in [-0.2, 0) is 5.75 Å². The molecule has 0 N–H and O–H groups in total. The smallest absolute Gasteiger partial charge is 0.237 e. The summed E-state index contributed by atoms with van der Waals surface area (Å²) in [4.78, 5) is 9.28. The highest BCUT2D eigenvalue weighted by Crippen LogP contribution is 2.29. The van der Waals surface area contributed by atoms with Gasteiger partial charge in [-0.15, -0.1) is 0 Å². The molecular weight excluding hydrogens is 380 g/mol. The molecule has 0 saturated carbocycles. The number of hydrogen-bond acceptors (Lipinski definition) is 5. The first kappa shape index (κ1) is 16.4. The van der Waals surface area contributed by atoms with Crippen molar-refractivity contribution in [2.75, 3.05) is 0 Å². The molecule has 3 aromatic heterocycles. The minimum absolute atomic E-state index is 0.548. The number of thioether (sulfide) groups is 1. The van der Waals surface area contributed by atoms with Crippen molar-refractivity contribution in [3.05, 3.63) is 77.8 Å². The molecule has 0 atom stereocenters. The van der Waals surface area contributed by atoms with Gasteiger partial charge in [0.25, 0.3) is 0 Å². The summed E-state index contributed by atoms with van der Waals surface area (Å²) in [6, 6.07) is 19.6. The molecule has 0 amide bonds. The maximum absolute atomic E-state index is 5.93. The molecular formula is C20H13ClN4OS. The van der Waals surface area contributed by atoms with Gasteiger partial charge in [-0.1, -0.05) is 40.7 Å². The normalized spacial score (nSPS) is 11.4. The zero-order valence-electron chi connectivity index (χ0n) is 14.0. The number of rotatable bonds is 4. The second kappa shape index (κ2) is 6.72. The molecule has 5 nitrogen and oxygen atoms in total. The summed E-state index contributed by atoms with van der Waals surface area (Å²) in [6.45, 7) is 0. The zero-order valence-corrected chi connectivity index (χ0v) is 15.6. The highest BCUT2D eigenvalue weighted by molar-refractivity contribution is 7.98. The van der Waals surface area contributed by atoms with Crippen LogP contribution in [0.3, 0.4) is 0 Å². The van der Waals surface area contributed by atoms with Gasteiger partial charge in [-0.05, 0) is 48.5 Å². The number of nitrogens with zero attached hydrogens (tertiary/aromatic N) is 4. The highest BCUT2D eigenvalue weighted by Gasteiger charge is 2.12. The van der Waals surface area contributed by atoms with Crippen molar-refractivity contribution in [1.29, 1.82) is 0 Å². The standard InChI is InChI=1S/C20H13ClN4OS/c21-14-9-7-13(8-10-14)19-23-18(26-24-19)12-27-20-17-6-3-11-25(17)16-5-2-1-4-15(16)22-20/h1-11H,12H2. The monoisotopic (exact) mass is 392 g/mol. The van der Waals surface area contributed by atoms with Crippen molar-refractivity contribution >= 4 is 39.9 Å². The van der Waals surface area contributed by atoms with Gasteiger partial charge < -0.3 is 8.92 Å². The molecule has 0 saturated heterocycles. The first-order valence-corrected chi connectivity index (χ1v) is 9.71. The fraction of sp³-hybridized carbons (Fsp3) is 0.0500. The Morgan fingerprint density at radius 1 is 0.926 bits per heavy atom. The summed E-state index contributed by atoms with van der Waals surface area (Å²) >= 11 is 7.51. The first-order valence-electron chi connectivity index (χ1n) is 8.35. The molecule has 7 heteroatoms. The van der Waals surface area contributed by atoms with Crippen LogP contribution >= 0.6 is 23.4 Å². The van der Waals surface area contributed by atoms with Gasteiger partial charge in [-0.25, -0.2) is 4.98 Å². The molecule has 0 bridgehead atoms. The zero-order chi connectivity index (χ0) is 18.2. The maximum atomic E-state index is 5.93. The summed E-state index contributed by atoms with van der Waals surface area (Å²) in [5, 5.41) is 5.68. The number of benzene rings is 2. The molecule has 132 valence electrons. The Morgan fingerprint density at radius 3 is 2.63 bits per heavy atom. The maximum Gasteiger partial charge on any atom is 0.237 e. The van der Waals surface area contributed by atoms with E-state index in [1.807, 2.05) is 48.5 Å². The van der Waals surface area contributed by atoms with E-state index in [-0.39, 0.29) is 0 Å². The molecule has 27 heavy (non-hydrogen) atoms. The molecule has 5 aromatic rings. The quantitative estimate of drug-likeness (QED) is 0.379. The average molecular weight is 393 g/mol. The minimum Gasteiger partial charge on any atom is -0.338 e. The number of aromatic nitrogens is 4. The Bertz CT molecular complexity index is 1250. The molecule has 0 radical (unpaired) electrons. The van der Waals surface area contributed by atoms with Crippen LogP contribution in [0.2, 0.25) is 5.02 Å². The van der Waals surface area contributed by atoms with Crippen LogP contribution < -0.4 is 0 Å². The highest BCUT2D eigenvalue weighted by atomic mass is 35.5. The Hall–Kier alpha value is -2.83. The van der Waals surface area contributed by atoms with Crippen LogP contribution in [0.5, 0.6) is 0 Å². The van der Waals surface area contributed by atoms with Crippen LogP contribution in [0.4, 0.5) is 0 Å². The largest absolute Gasteiger partial charge is 0.338 e. The molecule has 0 unspecified atom stereocenters. The second-order valence-corrected chi connectivity index (χ2v) is 7.38. The number of hydrogen-bond donors (Lipinski definition) is 0. The van der Waals surface area contributed by atoms with Crippen molar-refractivity contribution in [2.45, 2.75) is 10.8 Å². The van der Waals surface area contributed by atoms with E-state index in [4.69, 9.17) is 21.1 Å². The second-order valence-electron chi connectivity index (χ2n) is 5.98. The van der Waals surface area contributed by atoms with E-state index in [9.17, 15) is 0 Å². The van der Waals surface area contributed by atoms with Crippen LogP contribution in [0.1, 0.15) is 5.89 Å². The van der Waals surface area contributed by atoms with Crippen LogP contribution in [0.15, 0.2) is 76.4 Å². The summed E-state index contributed by atoms with van der Waals surface area (Å²) < 4.78 is 7.55. The molecule has 0 aliphatic heterocycles. The topological polar surface area (TPSA) is 56.2 Å². The van der Waals surface area contributed by atoms with Crippen molar-refractivity contribution < 1.29 is 4.52 Å². The number of para-hydroxylation sites is 2. The van der Waals surface area contributed by atoms with E-state index in [2.05, 4.69) is 32.9 Å². The van der Waals surface area contributed by atoms with Crippen LogP contribution in [0, 0.1) is 0 Å². The molecule has 0 spiro atoms. The fourth-order valence-electron chi connectivity index (χ4n) is 2.96. The van der Waals surface area contributed by atoms with Gasteiger partial charge in [-0.3, -0.25) is 0 Å². The van der Waals surface area contributed by atoms with Crippen molar-refractivity contribution in [3.63, 3.8) is 0 Å². The fourth-order valence-corrected chi connectivity index (χ4v) is 3.94. The summed E-state index contributed by atoms with van der Waals surface area (Å²) in [7, 11) is 0. The molecule has 2 aromatic carbocycles. The lowest BCUT2D eigenvalue weighted by atomic mass is 10.2. The SMILES string of the molecule is Clc1ccc(-c2noc(CSc3nc4ccccc4n4cccc34)n2)cc1. The molecule has 3 heterocycles. The van der Waals surface area contributed by atoms with E-state index < -0.39 is 0 Å². The number of fused-ring (bicyclic) bond motifs is 3. The third-order valence-electron chi connectivity index (χ3n) is 4.23. The van der Waals surface area contributed by atoms with E-state index in [0.717, 1.165) is 27.1 Å². The Labute approximate surface area is 164 Å². The molecule has 0 fully saturated rings. The lowest BCUT2D eigenvalue weighted by Crippen LogP contribution is -1.93. The van der Waals surface area contributed by atoms with E-state index >= 15 is 0 Å². The predicted molar refractivity (Wildman–Crippen MR) is 107 cm³/mol. The van der Waals surface area contributed by atoms with Gasteiger partial charge in [0.15, 0.2) is 0 Å². The third-order valence-corrected chi connectivity index (χ3v) is 5.45. The Kier molecular flexibility index (Phi) is 4.07.